The molecule has 0 saturated heterocycles. The molecular weight excluding hydrogens is 620 g/mol. The largest absolute Gasteiger partial charge is 0.545 e. The second-order valence-corrected chi connectivity index (χ2v) is 14.6. The summed E-state index contributed by atoms with van der Waals surface area (Å²) in [6.45, 7) is 30.0. The van der Waals surface area contributed by atoms with E-state index in [9.17, 15) is 19.8 Å². The zero-order valence-corrected chi connectivity index (χ0v) is 34.0. The highest BCUT2D eigenvalue weighted by atomic mass is 16.4. The van der Waals surface area contributed by atoms with Gasteiger partial charge < -0.3 is 28.8 Å². The number of carboxylic acids is 2. The number of hydrogen-bond donors (Lipinski definition) is 0. The molecule has 2 aromatic carbocycles. The minimum Gasteiger partial charge on any atom is -0.545 e. The second kappa shape index (κ2) is 29.2. The summed E-state index contributed by atoms with van der Waals surface area (Å²) in [6.07, 6.45) is 22.1. The maximum absolute atomic E-state index is 10.8. The summed E-state index contributed by atoms with van der Waals surface area (Å²) in [7, 11) is 0. The van der Waals surface area contributed by atoms with Gasteiger partial charge in [0.25, 0.3) is 0 Å². The SMILES string of the molecule is CCCC[N+](CCCC)(CCCC)CCCC.CCCC[N+](CCCC)(CCCC)CCCC.O=C([O-])c1cc2ccccc2cc1C(=O)[O-]. The average molecular weight is 699 g/mol. The first-order valence-electron chi connectivity index (χ1n) is 20.7. The summed E-state index contributed by atoms with van der Waals surface area (Å²) in [6, 6.07) is 9.41. The van der Waals surface area contributed by atoms with Crippen molar-refractivity contribution >= 4 is 22.7 Å². The lowest BCUT2D eigenvalue weighted by atomic mass is 10.0. The highest BCUT2D eigenvalue weighted by Crippen LogP contribution is 2.20. The van der Waals surface area contributed by atoms with Crippen LogP contribution in [0.4, 0.5) is 0 Å². The highest BCUT2D eigenvalue weighted by Gasteiger charge is 2.25. The molecule has 6 heteroatoms. The fraction of sp³-hybridized carbons (Fsp3) is 0.727. The highest BCUT2D eigenvalue weighted by molar-refractivity contribution is 6.04. The Balaban J connectivity index is 0.000000720. The Morgan fingerprint density at radius 3 is 0.780 bits per heavy atom. The Labute approximate surface area is 308 Å². The quantitative estimate of drug-likeness (QED) is 0.0917. The van der Waals surface area contributed by atoms with Gasteiger partial charge in [0.15, 0.2) is 0 Å². The van der Waals surface area contributed by atoms with Crippen LogP contribution in [0.2, 0.25) is 0 Å². The molecule has 0 aromatic heterocycles. The summed E-state index contributed by atoms with van der Waals surface area (Å²) in [4.78, 5) is 21.5. The topological polar surface area (TPSA) is 80.3 Å². The number of hydrogen-bond acceptors (Lipinski definition) is 4. The molecule has 0 spiro atoms. The van der Waals surface area contributed by atoms with Crippen LogP contribution in [-0.2, 0) is 0 Å². The van der Waals surface area contributed by atoms with E-state index in [2.05, 4.69) is 55.4 Å². The molecule has 50 heavy (non-hydrogen) atoms. The van der Waals surface area contributed by atoms with Gasteiger partial charge in [-0.05, 0) is 74.3 Å². The zero-order chi connectivity index (χ0) is 37.7. The molecular formula is C44H78N2O4. The predicted octanol–water partition coefficient (Wildman–Crippen LogP) is 9.57. The van der Waals surface area contributed by atoms with Gasteiger partial charge in [-0.2, -0.15) is 0 Å². The van der Waals surface area contributed by atoms with Crippen molar-refractivity contribution in [2.24, 2.45) is 0 Å². The van der Waals surface area contributed by atoms with Gasteiger partial charge in [0.2, 0.25) is 0 Å². The van der Waals surface area contributed by atoms with Crippen molar-refractivity contribution < 1.29 is 28.8 Å². The third-order valence-electron chi connectivity index (χ3n) is 10.2. The van der Waals surface area contributed by atoms with Crippen molar-refractivity contribution in [3.8, 4) is 0 Å². The summed E-state index contributed by atoms with van der Waals surface area (Å²) < 4.78 is 2.84. The minimum atomic E-state index is -1.52. The lowest BCUT2D eigenvalue weighted by Crippen LogP contribution is -2.50. The van der Waals surface area contributed by atoms with Gasteiger partial charge in [0.1, 0.15) is 0 Å². The predicted molar refractivity (Wildman–Crippen MR) is 211 cm³/mol. The van der Waals surface area contributed by atoms with Crippen LogP contribution in [0, 0.1) is 0 Å². The third kappa shape index (κ3) is 19.2. The van der Waals surface area contributed by atoms with E-state index < -0.39 is 11.9 Å². The molecule has 0 amide bonds. The first-order chi connectivity index (χ1) is 24.1. The van der Waals surface area contributed by atoms with E-state index in [0.717, 1.165) is 0 Å². The Morgan fingerprint density at radius 2 is 0.620 bits per heavy atom. The Morgan fingerprint density at radius 1 is 0.420 bits per heavy atom. The number of aromatic carboxylic acids is 2. The second-order valence-electron chi connectivity index (χ2n) is 14.6. The molecule has 0 radical (unpaired) electrons. The molecule has 0 aliphatic carbocycles. The number of carboxylic acid groups (broad SMARTS) is 2. The molecule has 0 unspecified atom stereocenters. The van der Waals surface area contributed by atoms with Crippen molar-refractivity contribution in [3.05, 3.63) is 47.5 Å². The van der Waals surface area contributed by atoms with E-state index in [1.807, 2.05) is 0 Å². The molecule has 0 aliphatic heterocycles. The normalized spacial score (nSPS) is 11.4. The molecule has 0 aliphatic rings. The lowest BCUT2D eigenvalue weighted by molar-refractivity contribution is -0.929. The van der Waals surface area contributed by atoms with Crippen molar-refractivity contribution in [1.29, 1.82) is 0 Å². The third-order valence-corrected chi connectivity index (χ3v) is 10.2. The van der Waals surface area contributed by atoms with Gasteiger partial charge in [0.05, 0.1) is 64.3 Å². The van der Waals surface area contributed by atoms with Crippen molar-refractivity contribution in [2.75, 3.05) is 52.4 Å². The number of carbonyl (C=O) groups is 2. The number of quaternary nitrogens is 2. The number of benzene rings is 2. The van der Waals surface area contributed by atoms with Gasteiger partial charge in [0, 0.05) is 11.1 Å². The van der Waals surface area contributed by atoms with E-state index in [1.165, 1.54) is 176 Å². The smallest absolute Gasteiger partial charge is 0.0786 e. The zero-order valence-electron chi connectivity index (χ0n) is 34.0. The van der Waals surface area contributed by atoms with E-state index in [4.69, 9.17) is 0 Å². The standard InChI is InChI=1S/2C16H36N.C12H8O4/c2*1-5-9-13-17(14-10-6-2,15-11-7-3)16-12-8-4;13-11(14)9-5-7-3-1-2-4-8(7)6-10(9)12(15)16/h2*5-16H2,1-4H3;1-6H,(H,13,14)(H,15,16)/q2*+1;/p-2. The summed E-state index contributed by atoms with van der Waals surface area (Å²) in [5.41, 5.74) is -0.725. The van der Waals surface area contributed by atoms with Crippen molar-refractivity contribution in [1.82, 2.24) is 0 Å². The van der Waals surface area contributed by atoms with Gasteiger partial charge in [-0.3, -0.25) is 0 Å². The van der Waals surface area contributed by atoms with Gasteiger partial charge in [-0.1, -0.05) is 131 Å². The van der Waals surface area contributed by atoms with Crippen molar-refractivity contribution in [2.45, 2.75) is 158 Å². The van der Waals surface area contributed by atoms with Crippen LogP contribution < -0.4 is 10.2 Å². The molecule has 0 atom stereocenters. The van der Waals surface area contributed by atoms with E-state index >= 15 is 0 Å². The van der Waals surface area contributed by atoms with Crippen LogP contribution in [0.5, 0.6) is 0 Å². The number of carbonyl (C=O) groups excluding carboxylic acids is 2. The van der Waals surface area contributed by atoms with Gasteiger partial charge >= 0.3 is 0 Å². The van der Waals surface area contributed by atoms with E-state index in [-0.39, 0.29) is 11.1 Å². The molecule has 2 rings (SSSR count). The molecule has 0 fully saturated rings. The Bertz CT molecular complexity index is 985. The maximum atomic E-state index is 10.8. The molecule has 0 N–H and O–H groups in total. The van der Waals surface area contributed by atoms with Gasteiger partial charge in [-0.25, -0.2) is 0 Å². The Hall–Kier alpha value is -2.44. The Kier molecular flexibility index (Phi) is 27.7. The van der Waals surface area contributed by atoms with E-state index in [1.54, 1.807) is 24.3 Å². The van der Waals surface area contributed by atoms with Crippen LogP contribution in [-0.4, -0.2) is 73.3 Å². The lowest BCUT2D eigenvalue weighted by Gasteiger charge is -2.39. The first-order valence-corrected chi connectivity index (χ1v) is 20.7. The fourth-order valence-electron chi connectivity index (χ4n) is 6.87. The monoisotopic (exact) mass is 699 g/mol. The number of unbranched alkanes of at least 4 members (excludes halogenated alkanes) is 8. The molecule has 0 bridgehead atoms. The molecule has 0 saturated carbocycles. The molecule has 2 aromatic rings. The molecule has 6 nitrogen and oxygen atoms in total. The number of nitrogens with zero attached hydrogens (tertiary/aromatic N) is 2. The van der Waals surface area contributed by atoms with Crippen molar-refractivity contribution in [3.63, 3.8) is 0 Å². The minimum absolute atomic E-state index is 0.362. The summed E-state index contributed by atoms with van der Waals surface area (Å²) >= 11 is 0. The average Bonchev–Trinajstić information content (AvgIpc) is 3.13. The van der Waals surface area contributed by atoms with Crippen LogP contribution in [0.25, 0.3) is 10.8 Å². The number of rotatable bonds is 26. The molecule has 0 heterocycles. The van der Waals surface area contributed by atoms with Gasteiger partial charge in [-0.15, -0.1) is 0 Å². The van der Waals surface area contributed by atoms with Crippen LogP contribution in [0.3, 0.4) is 0 Å². The van der Waals surface area contributed by atoms with Crippen LogP contribution >= 0.6 is 0 Å². The number of fused-ring (bicyclic) bond motifs is 1. The molecule has 288 valence electrons. The van der Waals surface area contributed by atoms with Crippen LogP contribution in [0.15, 0.2) is 36.4 Å². The van der Waals surface area contributed by atoms with Crippen LogP contribution in [0.1, 0.15) is 179 Å². The summed E-state index contributed by atoms with van der Waals surface area (Å²) in [5, 5.41) is 22.8. The first kappa shape index (κ1) is 47.6. The maximum Gasteiger partial charge on any atom is 0.0786 e. The summed E-state index contributed by atoms with van der Waals surface area (Å²) in [5.74, 6) is -3.05. The fourth-order valence-corrected chi connectivity index (χ4v) is 6.87. The van der Waals surface area contributed by atoms with E-state index in [0.29, 0.717) is 10.8 Å².